The van der Waals surface area contributed by atoms with E-state index in [1.807, 2.05) is 0 Å². The van der Waals surface area contributed by atoms with E-state index >= 15 is 0 Å². The Labute approximate surface area is 224 Å². The molecule has 12 heteroatoms. The number of aliphatic hydroxyl groups is 6. The lowest BCUT2D eigenvalue weighted by Gasteiger charge is -2.39. The molecule has 2 aromatic carbocycles. The van der Waals surface area contributed by atoms with Crippen LogP contribution in [-0.2, 0) is 27.3 Å². The Morgan fingerprint density at radius 3 is 2.28 bits per heavy atom. The van der Waals surface area contributed by atoms with E-state index in [2.05, 4.69) is 0 Å². The molecule has 8 atom stereocenters. The fourth-order valence-corrected chi connectivity index (χ4v) is 4.99. The lowest BCUT2D eigenvalue weighted by molar-refractivity contribution is -0.268. The number of carbonyl (C=O) groups is 1. The number of methoxy groups -OCH3 is 2. The first-order valence-corrected chi connectivity index (χ1v) is 12.4. The molecule has 2 aliphatic rings. The fraction of sp³-hybridized carbons (Fsp3) is 0.519. The summed E-state index contributed by atoms with van der Waals surface area (Å²) in [6.45, 7) is 0.717. The second-order valence-electron chi connectivity index (χ2n) is 9.73. The molecule has 6 N–H and O–H groups in total. The van der Waals surface area contributed by atoms with Gasteiger partial charge in [0.05, 0.1) is 39.5 Å². The van der Waals surface area contributed by atoms with Gasteiger partial charge in [0.15, 0.2) is 17.1 Å². The van der Waals surface area contributed by atoms with Crippen molar-refractivity contribution in [2.45, 2.75) is 62.4 Å². The quantitative estimate of drug-likeness (QED) is 0.222. The van der Waals surface area contributed by atoms with Crippen molar-refractivity contribution in [2.75, 3.05) is 20.8 Å². The normalized spacial score (nSPS) is 32.5. The molecule has 0 bridgehead atoms. The van der Waals surface area contributed by atoms with Crippen molar-refractivity contribution in [3.63, 3.8) is 0 Å². The lowest BCUT2D eigenvalue weighted by atomic mass is 9.80. The molecule has 12 nitrogen and oxygen atoms in total. The summed E-state index contributed by atoms with van der Waals surface area (Å²) in [5.41, 5.74) is -0.600. The van der Waals surface area contributed by atoms with Gasteiger partial charge in [-0.05, 0) is 36.2 Å². The predicted octanol–water partition coefficient (Wildman–Crippen LogP) is -0.417. The summed E-state index contributed by atoms with van der Waals surface area (Å²) < 4.78 is 27.4. The van der Waals surface area contributed by atoms with Gasteiger partial charge in [-0.1, -0.05) is 18.2 Å². The van der Waals surface area contributed by atoms with E-state index in [9.17, 15) is 35.4 Å². The lowest BCUT2D eigenvalue weighted by Crippen LogP contribution is -2.58. The zero-order chi connectivity index (χ0) is 28.5. The van der Waals surface area contributed by atoms with Gasteiger partial charge < -0.3 is 54.3 Å². The highest BCUT2D eigenvalue weighted by molar-refractivity contribution is 5.83. The van der Waals surface area contributed by atoms with Crippen molar-refractivity contribution in [1.29, 1.82) is 0 Å². The van der Waals surface area contributed by atoms with Crippen LogP contribution >= 0.6 is 0 Å². The van der Waals surface area contributed by atoms with Crippen LogP contribution in [-0.4, -0.2) is 93.7 Å². The molecule has 2 fully saturated rings. The monoisotopic (exact) mass is 550 g/mol. The van der Waals surface area contributed by atoms with Crippen LogP contribution in [0.3, 0.4) is 0 Å². The SMILES string of the molecule is COc1cc(C2OC(=O)C(O)(Cc3ccc(OC4OC(C)C(O)C(O)C4O)c(OC)c3)C2CO)ccc1CO. The summed E-state index contributed by atoms with van der Waals surface area (Å²) in [7, 11) is 2.81. The third kappa shape index (κ3) is 5.41. The maximum atomic E-state index is 12.9. The standard InChI is InChI=1S/C27H34O12/c1-13-21(30)22(31)23(32)25(37-13)38-18-7-4-14(8-20(18)36-3)10-27(34)17(12-29)24(39-26(27)33)15-5-6-16(11-28)19(9-15)35-2/h4-9,13,17,21-25,28-32,34H,10-12H2,1-3H3. The topological polar surface area (TPSA) is 185 Å². The van der Waals surface area contributed by atoms with Gasteiger partial charge in [0.25, 0.3) is 0 Å². The van der Waals surface area contributed by atoms with Crippen LogP contribution in [0, 0.1) is 5.92 Å². The van der Waals surface area contributed by atoms with Gasteiger partial charge >= 0.3 is 5.97 Å². The highest BCUT2D eigenvalue weighted by Gasteiger charge is 2.56. The van der Waals surface area contributed by atoms with Gasteiger partial charge in [-0.25, -0.2) is 4.79 Å². The number of hydrogen-bond acceptors (Lipinski definition) is 12. The first kappa shape index (κ1) is 29.0. The zero-order valence-corrected chi connectivity index (χ0v) is 21.8. The molecule has 0 aliphatic carbocycles. The molecule has 8 unspecified atom stereocenters. The summed E-state index contributed by atoms with van der Waals surface area (Å²) in [4.78, 5) is 12.9. The van der Waals surface area contributed by atoms with Crippen molar-refractivity contribution >= 4 is 5.97 Å². The average molecular weight is 551 g/mol. The van der Waals surface area contributed by atoms with Gasteiger partial charge in [-0.3, -0.25) is 0 Å². The Balaban J connectivity index is 1.56. The van der Waals surface area contributed by atoms with Gasteiger partial charge in [0.2, 0.25) is 6.29 Å². The second-order valence-corrected chi connectivity index (χ2v) is 9.73. The number of ether oxygens (including phenoxy) is 5. The molecule has 0 saturated carbocycles. The Bertz CT molecular complexity index is 1170. The van der Waals surface area contributed by atoms with Crippen LogP contribution in [0.15, 0.2) is 36.4 Å². The number of carbonyl (C=O) groups excluding carboxylic acids is 1. The molecule has 0 amide bonds. The third-order valence-electron chi connectivity index (χ3n) is 7.33. The number of cyclic esters (lactones) is 1. The molecule has 214 valence electrons. The van der Waals surface area contributed by atoms with Gasteiger partial charge in [-0.2, -0.15) is 0 Å². The van der Waals surface area contributed by atoms with Crippen molar-refractivity contribution in [3.8, 4) is 17.2 Å². The maximum absolute atomic E-state index is 12.9. The summed E-state index contributed by atoms with van der Waals surface area (Å²) in [6.07, 6.45) is -7.57. The molecule has 2 heterocycles. The Hall–Kier alpha value is -2.97. The fourth-order valence-electron chi connectivity index (χ4n) is 4.99. The van der Waals surface area contributed by atoms with Crippen molar-refractivity contribution < 1.29 is 59.1 Å². The minimum Gasteiger partial charge on any atom is -0.496 e. The largest absolute Gasteiger partial charge is 0.496 e. The molecule has 0 aromatic heterocycles. The number of aliphatic hydroxyl groups excluding tert-OH is 5. The van der Waals surface area contributed by atoms with Crippen LogP contribution in [0.4, 0.5) is 0 Å². The first-order chi connectivity index (χ1) is 18.6. The van der Waals surface area contributed by atoms with E-state index in [0.717, 1.165) is 0 Å². The molecule has 4 rings (SSSR count). The summed E-state index contributed by atoms with van der Waals surface area (Å²) in [5, 5.41) is 61.3. The molecule has 0 radical (unpaired) electrons. The van der Waals surface area contributed by atoms with E-state index in [1.165, 1.54) is 33.3 Å². The van der Waals surface area contributed by atoms with Crippen molar-refractivity contribution in [2.24, 2.45) is 5.92 Å². The third-order valence-corrected chi connectivity index (χ3v) is 7.33. The number of rotatable bonds is 9. The highest BCUT2D eigenvalue weighted by atomic mass is 16.7. The van der Waals surface area contributed by atoms with E-state index in [-0.39, 0.29) is 24.5 Å². The van der Waals surface area contributed by atoms with Gasteiger partial charge in [-0.15, -0.1) is 0 Å². The Morgan fingerprint density at radius 2 is 1.64 bits per heavy atom. The van der Waals surface area contributed by atoms with Crippen LogP contribution < -0.4 is 14.2 Å². The molecule has 0 spiro atoms. The molecule has 2 aliphatic heterocycles. The smallest absolute Gasteiger partial charge is 0.339 e. The highest BCUT2D eigenvalue weighted by Crippen LogP contribution is 2.45. The number of hydrogen-bond donors (Lipinski definition) is 6. The summed E-state index contributed by atoms with van der Waals surface area (Å²) in [5.74, 6) is -1.21. The van der Waals surface area contributed by atoms with E-state index in [0.29, 0.717) is 22.4 Å². The first-order valence-electron chi connectivity index (χ1n) is 12.4. The number of benzene rings is 2. The van der Waals surface area contributed by atoms with Gasteiger partial charge in [0.1, 0.15) is 30.2 Å². The van der Waals surface area contributed by atoms with E-state index in [4.69, 9.17) is 23.7 Å². The summed E-state index contributed by atoms with van der Waals surface area (Å²) in [6, 6.07) is 9.41. The maximum Gasteiger partial charge on any atom is 0.339 e. The van der Waals surface area contributed by atoms with E-state index in [1.54, 1.807) is 24.3 Å². The molecule has 2 saturated heterocycles. The molecular formula is C27H34O12. The predicted molar refractivity (Wildman–Crippen MR) is 133 cm³/mol. The molecular weight excluding hydrogens is 516 g/mol. The Morgan fingerprint density at radius 1 is 0.923 bits per heavy atom. The van der Waals surface area contributed by atoms with Crippen LogP contribution in [0.25, 0.3) is 0 Å². The number of esters is 1. The molecule has 2 aromatic rings. The summed E-state index contributed by atoms with van der Waals surface area (Å²) >= 11 is 0. The Kier molecular flexibility index (Phi) is 8.66. The minimum absolute atomic E-state index is 0.148. The average Bonchev–Trinajstić information content (AvgIpc) is 3.19. The van der Waals surface area contributed by atoms with Crippen molar-refractivity contribution in [1.82, 2.24) is 0 Å². The second kappa shape index (κ2) is 11.6. The van der Waals surface area contributed by atoms with Gasteiger partial charge in [0, 0.05) is 12.0 Å². The minimum atomic E-state index is -2.08. The van der Waals surface area contributed by atoms with Crippen LogP contribution in [0.1, 0.15) is 29.7 Å². The van der Waals surface area contributed by atoms with E-state index < -0.39 is 60.9 Å². The zero-order valence-electron chi connectivity index (χ0n) is 21.8. The van der Waals surface area contributed by atoms with Crippen LogP contribution in [0.5, 0.6) is 17.2 Å². The molecule has 39 heavy (non-hydrogen) atoms. The van der Waals surface area contributed by atoms with Crippen molar-refractivity contribution in [3.05, 3.63) is 53.1 Å². The van der Waals surface area contributed by atoms with Crippen LogP contribution in [0.2, 0.25) is 0 Å².